The minimum Gasteiger partial charge on any atom is -0.454 e. The van der Waals surface area contributed by atoms with E-state index in [4.69, 9.17) is 9.47 Å². The Bertz CT molecular complexity index is 788. The van der Waals surface area contributed by atoms with Crippen LogP contribution in [0.4, 0.5) is 4.79 Å². The Kier molecular flexibility index (Phi) is 6.76. The van der Waals surface area contributed by atoms with E-state index in [0.29, 0.717) is 6.54 Å². The van der Waals surface area contributed by atoms with Crippen LogP contribution in [0.3, 0.4) is 0 Å². The molecule has 0 bridgehead atoms. The van der Waals surface area contributed by atoms with Crippen molar-refractivity contribution in [3.05, 3.63) is 59.2 Å². The van der Waals surface area contributed by atoms with Crippen LogP contribution in [0.2, 0.25) is 0 Å². The van der Waals surface area contributed by atoms with Crippen molar-refractivity contribution in [1.29, 1.82) is 0 Å². The lowest BCUT2D eigenvalue weighted by Crippen LogP contribution is -2.36. The van der Waals surface area contributed by atoms with E-state index in [0.717, 1.165) is 42.3 Å². The molecule has 6 heteroatoms. The molecule has 0 fully saturated rings. The third-order valence-electron chi connectivity index (χ3n) is 5.02. The summed E-state index contributed by atoms with van der Waals surface area (Å²) >= 11 is 0. The molecule has 28 heavy (non-hydrogen) atoms. The minimum atomic E-state index is -0.197. The maximum absolute atomic E-state index is 12.2. The summed E-state index contributed by atoms with van der Waals surface area (Å²) in [5.41, 5.74) is 3.34. The van der Waals surface area contributed by atoms with Crippen LogP contribution < -0.4 is 20.1 Å². The Balaban J connectivity index is 1.47. The lowest BCUT2D eigenvalue weighted by molar-refractivity contribution is 0.174. The quantitative estimate of drug-likeness (QED) is 0.727. The highest BCUT2D eigenvalue weighted by Crippen LogP contribution is 2.34. The van der Waals surface area contributed by atoms with Gasteiger partial charge in [0, 0.05) is 13.1 Å². The second kappa shape index (κ2) is 9.46. The van der Waals surface area contributed by atoms with Gasteiger partial charge in [0.25, 0.3) is 0 Å². The van der Waals surface area contributed by atoms with Gasteiger partial charge in [0.2, 0.25) is 6.79 Å². The van der Waals surface area contributed by atoms with Crippen LogP contribution in [0.25, 0.3) is 0 Å². The van der Waals surface area contributed by atoms with Crippen LogP contribution in [0.5, 0.6) is 11.5 Å². The number of hydrogen-bond acceptors (Lipinski definition) is 4. The molecule has 0 aliphatic carbocycles. The summed E-state index contributed by atoms with van der Waals surface area (Å²) in [6.45, 7) is 10.1. The summed E-state index contributed by atoms with van der Waals surface area (Å²) in [6.07, 6.45) is 0. The Hall–Kier alpha value is -2.73. The summed E-state index contributed by atoms with van der Waals surface area (Å²) < 4.78 is 10.7. The number of nitrogens with zero attached hydrogens (tertiary/aromatic N) is 1. The first-order chi connectivity index (χ1) is 13.6. The maximum Gasteiger partial charge on any atom is 0.315 e. The number of benzene rings is 2. The lowest BCUT2D eigenvalue weighted by atomic mass is 10.1. The largest absolute Gasteiger partial charge is 0.454 e. The van der Waals surface area contributed by atoms with Crippen molar-refractivity contribution in [2.75, 3.05) is 19.9 Å². The molecule has 0 saturated carbocycles. The fourth-order valence-electron chi connectivity index (χ4n) is 3.16. The summed E-state index contributed by atoms with van der Waals surface area (Å²) in [6, 6.07) is 13.8. The highest BCUT2D eigenvalue weighted by Gasteiger charge is 2.16. The fourth-order valence-corrected chi connectivity index (χ4v) is 3.16. The molecular formula is C22H29N3O3. The normalized spacial score (nSPS) is 13.4. The lowest BCUT2D eigenvalue weighted by Gasteiger charge is -2.18. The summed E-state index contributed by atoms with van der Waals surface area (Å²) in [7, 11) is 0. The predicted octanol–water partition coefficient (Wildman–Crippen LogP) is 3.82. The molecule has 150 valence electrons. The topological polar surface area (TPSA) is 62.8 Å². The van der Waals surface area contributed by atoms with E-state index in [9.17, 15) is 4.79 Å². The molecule has 2 aromatic rings. The van der Waals surface area contributed by atoms with E-state index in [1.165, 1.54) is 5.56 Å². The molecule has 0 radical (unpaired) electrons. The van der Waals surface area contributed by atoms with E-state index in [1.54, 1.807) is 0 Å². The van der Waals surface area contributed by atoms with Crippen molar-refractivity contribution in [3.63, 3.8) is 0 Å². The average Bonchev–Trinajstić information content (AvgIpc) is 3.19. The predicted molar refractivity (Wildman–Crippen MR) is 109 cm³/mol. The number of ether oxygens (including phenoxy) is 2. The highest BCUT2D eigenvalue weighted by molar-refractivity contribution is 5.74. The van der Waals surface area contributed by atoms with Gasteiger partial charge in [0.05, 0.1) is 6.04 Å². The van der Waals surface area contributed by atoms with Crippen molar-refractivity contribution in [3.8, 4) is 11.5 Å². The van der Waals surface area contributed by atoms with E-state index in [-0.39, 0.29) is 18.9 Å². The number of rotatable bonds is 8. The number of fused-ring (bicyclic) bond motifs is 1. The number of carbonyl (C=O) groups is 1. The smallest absolute Gasteiger partial charge is 0.315 e. The molecule has 0 spiro atoms. The molecule has 3 rings (SSSR count). The first-order valence-electron chi connectivity index (χ1n) is 9.83. The Morgan fingerprint density at radius 1 is 1.04 bits per heavy atom. The first-order valence-corrected chi connectivity index (χ1v) is 9.83. The van der Waals surface area contributed by atoms with Gasteiger partial charge < -0.3 is 20.1 Å². The SMILES string of the molecule is CCN(CC)Cc1ccc(CNC(=O)N[C@@H](C)c2ccc3c(c2)OCO3)cc1. The molecule has 0 saturated heterocycles. The van der Waals surface area contributed by atoms with Crippen LogP contribution in [0.1, 0.15) is 43.5 Å². The monoisotopic (exact) mass is 383 g/mol. The van der Waals surface area contributed by atoms with Crippen LogP contribution in [-0.4, -0.2) is 30.8 Å². The molecule has 1 aliphatic rings. The molecule has 2 aromatic carbocycles. The van der Waals surface area contributed by atoms with E-state index < -0.39 is 0 Å². The maximum atomic E-state index is 12.2. The van der Waals surface area contributed by atoms with Gasteiger partial charge in [-0.25, -0.2) is 4.79 Å². The van der Waals surface area contributed by atoms with Gasteiger partial charge in [0.1, 0.15) is 0 Å². The van der Waals surface area contributed by atoms with Gasteiger partial charge in [-0.3, -0.25) is 4.90 Å². The number of carbonyl (C=O) groups excluding carboxylic acids is 1. The highest BCUT2D eigenvalue weighted by atomic mass is 16.7. The molecule has 1 atom stereocenters. The van der Waals surface area contributed by atoms with Gasteiger partial charge in [-0.2, -0.15) is 0 Å². The Morgan fingerprint density at radius 3 is 2.43 bits per heavy atom. The molecule has 1 aliphatic heterocycles. The van der Waals surface area contributed by atoms with Crippen molar-refractivity contribution in [2.24, 2.45) is 0 Å². The molecule has 2 amide bonds. The van der Waals surface area contributed by atoms with Gasteiger partial charge >= 0.3 is 6.03 Å². The summed E-state index contributed by atoms with van der Waals surface area (Å²) in [5, 5.41) is 5.88. The molecule has 0 aromatic heterocycles. The number of amides is 2. The van der Waals surface area contributed by atoms with Crippen molar-refractivity contribution in [2.45, 2.75) is 39.9 Å². The number of urea groups is 1. The average molecular weight is 383 g/mol. The van der Waals surface area contributed by atoms with Crippen molar-refractivity contribution in [1.82, 2.24) is 15.5 Å². The van der Waals surface area contributed by atoms with Crippen molar-refractivity contribution < 1.29 is 14.3 Å². The molecule has 2 N–H and O–H groups in total. The van der Waals surface area contributed by atoms with Crippen molar-refractivity contribution >= 4 is 6.03 Å². The van der Waals surface area contributed by atoms with Crippen LogP contribution >= 0.6 is 0 Å². The van der Waals surface area contributed by atoms with Crippen LogP contribution in [0.15, 0.2) is 42.5 Å². The zero-order valence-corrected chi connectivity index (χ0v) is 16.8. The third kappa shape index (κ3) is 5.16. The van der Waals surface area contributed by atoms with E-state index >= 15 is 0 Å². The summed E-state index contributed by atoms with van der Waals surface area (Å²) in [5.74, 6) is 1.46. The summed E-state index contributed by atoms with van der Waals surface area (Å²) in [4.78, 5) is 14.6. The van der Waals surface area contributed by atoms with Gasteiger partial charge in [0.15, 0.2) is 11.5 Å². The Morgan fingerprint density at radius 2 is 1.71 bits per heavy atom. The standard InChI is InChI=1S/C22H29N3O3/c1-4-25(5-2)14-18-8-6-17(7-9-18)13-23-22(26)24-16(3)19-10-11-20-21(12-19)28-15-27-20/h6-12,16H,4-5,13-15H2,1-3H3,(H2,23,24,26)/t16-/m0/s1. The molecule has 0 unspecified atom stereocenters. The minimum absolute atomic E-state index is 0.133. The first kappa shape index (κ1) is 20.0. The third-order valence-corrected chi connectivity index (χ3v) is 5.02. The Labute approximate surface area is 166 Å². The van der Waals surface area contributed by atoms with E-state index in [2.05, 4.69) is 53.6 Å². The molecule has 1 heterocycles. The second-order valence-corrected chi connectivity index (χ2v) is 6.94. The second-order valence-electron chi connectivity index (χ2n) is 6.94. The van der Waals surface area contributed by atoms with Gasteiger partial charge in [-0.15, -0.1) is 0 Å². The molecular weight excluding hydrogens is 354 g/mol. The zero-order chi connectivity index (χ0) is 19.9. The fraction of sp³-hybridized carbons (Fsp3) is 0.409. The number of hydrogen-bond donors (Lipinski definition) is 2. The zero-order valence-electron chi connectivity index (χ0n) is 16.8. The van der Waals surface area contributed by atoms with Crippen LogP contribution in [0, 0.1) is 0 Å². The van der Waals surface area contributed by atoms with E-state index in [1.807, 2.05) is 25.1 Å². The number of nitrogens with one attached hydrogen (secondary N) is 2. The van der Waals surface area contributed by atoms with Gasteiger partial charge in [-0.1, -0.05) is 44.2 Å². The van der Waals surface area contributed by atoms with Gasteiger partial charge in [-0.05, 0) is 48.8 Å². The molecule has 6 nitrogen and oxygen atoms in total. The van der Waals surface area contributed by atoms with Crippen LogP contribution in [-0.2, 0) is 13.1 Å².